The minimum absolute atomic E-state index is 0.156. The number of hydrogen-bond donors (Lipinski definition) is 3. The number of carbonyl (C=O) groups excluding carboxylic acids is 1. The maximum Gasteiger partial charge on any atom is 0.416 e. The number of hydrogen-bond acceptors (Lipinski definition) is 5. The summed E-state index contributed by atoms with van der Waals surface area (Å²) in [6, 6.07) is 11.8. The molecule has 0 saturated heterocycles. The van der Waals surface area contributed by atoms with E-state index in [0.717, 1.165) is 0 Å². The number of rotatable bonds is 9. The molecule has 3 N–H and O–H groups in total. The Kier molecular flexibility index (Phi) is 8.60. The molecule has 0 fully saturated rings. The molecule has 35 heavy (non-hydrogen) atoms. The number of aliphatic hydroxyl groups excluding tert-OH is 2. The van der Waals surface area contributed by atoms with Crippen LogP contribution in [0, 0.1) is 0 Å². The molecular weight excluding hydrogens is 512 g/mol. The Morgan fingerprint density at radius 3 is 2.40 bits per heavy atom. The normalized spacial score (nSPS) is 13.5. The van der Waals surface area contributed by atoms with Crippen molar-refractivity contribution in [3.05, 3.63) is 74.6 Å². The standard InChI is InChI=1S/C22H21Cl2F3N4O4/c23-15-6-4-13(5-7-15)20-29-31(21(35)30(20)11-18(33)22(25,26)27)12-19(34)28-17(8-9-32)14-2-1-3-16(24)10-14/h1-7,10,17-18,32-33H,8-9,11-12H2,(H,28,34). The lowest BCUT2D eigenvalue weighted by Crippen LogP contribution is -2.39. The summed E-state index contributed by atoms with van der Waals surface area (Å²) in [5.41, 5.74) is -0.139. The van der Waals surface area contributed by atoms with Crippen LogP contribution in [0.3, 0.4) is 0 Å². The molecule has 3 rings (SSSR count). The number of aromatic nitrogens is 3. The third-order valence-electron chi connectivity index (χ3n) is 5.06. The second kappa shape index (κ2) is 11.3. The Balaban J connectivity index is 1.90. The Bertz CT molecular complexity index is 1230. The first-order valence-electron chi connectivity index (χ1n) is 10.3. The van der Waals surface area contributed by atoms with Crippen LogP contribution in [0.25, 0.3) is 11.4 Å². The highest BCUT2D eigenvalue weighted by molar-refractivity contribution is 6.30. The van der Waals surface area contributed by atoms with E-state index in [1.807, 2.05) is 0 Å². The second-order valence-corrected chi connectivity index (χ2v) is 8.50. The van der Waals surface area contributed by atoms with E-state index in [0.29, 0.717) is 24.9 Å². The summed E-state index contributed by atoms with van der Waals surface area (Å²) < 4.78 is 40.3. The van der Waals surface area contributed by atoms with Crippen molar-refractivity contribution < 1.29 is 28.2 Å². The van der Waals surface area contributed by atoms with Crippen LogP contribution in [0.15, 0.2) is 53.3 Å². The molecule has 2 aromatic carbocycles. The van der Waals surface area contributed by atoms with Gasteiger partial charge in [-0.3, -0.25) is 9.36 Å². The van der Waals surface area contributed by atoms with E-state index >= 15 is 0 Å². The zero-order valence-electron chi connectivity index (χ0n) is 18.0. The van der Waals surface area contributed by atoms with E-state index in [1.165, 1.54) is 24.3 Å². The predicted octanol–water partition coefficient (Wildman–Crippen LogP) is 3.18. The van der Waals surface area contributed by atoms with Crippen molar-refractivity contribution >= 4 is 29.1 Å². The lowest BCUT2D eigenvalue weighted by Gasteiger charge is -2.18. The van der Waals surface area contributed by atoms with Crippen LogP contribution in [-0.4, -0.2) is 49.4 Å². The van der Waals surface area contributed by atoms with Gasteiger partial charge < -0.3 is 15.5 Å². The quantitative estimate of drug-likeness (QED) is 0.392. The van der Waals surface area contributed by atoms with Gasteiger partial charge in [0.2, 0.25) is 5.91 Å². The number of carbonyl (C=O) groups is 1. The summed E-state index contributed by atoms with van der Waals surface area (Å²) in [4.78, 5) is 25.6. The van der Waals surface area contributed by atoms with Gasteiger partial charge >= 0.3 is 11.9 Å². The van der Waals surface area contributed by atoms with Crippen LogP contribution in [-0.2, 0) is 17.9 Å². The highest BCUT2D eigenvalue weighted by Gasteiger charge is 2.39. The molecule has 2 atom stereocenters. The number of benzene rings is 2. The van der Waals surface area contributed by atoms with Crippen LogP contribution in [0.4, 0.5) is 13.2 Å². The topological polar surface area (TPSA) is 109 Å². The van der Waals surface area contributed by atoms with E-state index in [4.69, 9.17) is 23.2 Å². The average molecular weight is 533 g/mol. The zero-order valence-corrected chi connectivity index (χ0v) is 19.6. The number of nitrogens with one attached hydrogen (secondary N) is 1. The Labute approximate surface area is 207 Å². The van der Waals surface area contributed by atoms with Crippen LogP contribution in [0.5, 0.6) is 0 Å². The van der Waals surface area contributed by atoms with Crippen LogP contribution in [0.2, 0.25) is 10.0 Å². The van der Waals surface area contributed by atoms with E-state index in [2.05, 4.69) is 10.4 Å². The van der Waals surface area contributed by atoms with Crippen molar-refractivity contribution in [3.63, 3.8) is 0 Å². The monoisotopic (exact) mass is 532 g/mol. The number of halogens is 5. The van der Waals surface area contributed by atoms with Gasteiger partial charge in [-0.1, -0.05) is 35.3 Å². The molecular formula is C22H21Cl2F3N4O4. The molecule has 0 bridgehead atoms. The van der Waals surface area contributed by atoms with Gasteiger partial charge in [-0.15, -0.1) is 5.10 Å². The summed E-state index contributed by atoms with van der Waals surface area (Å²) in [5, 5.41) is 26.4. The molecule has 8 nitrogen and oxygen atoms in total. The first-order valence-corrected chi connectivity index (χ1v) is 11.1. The molecule has 1 aromatic heterocycles. The van der Waals surface area contributed by atoms with E-state index in [1.54, 1.807) is 24.3 Å². The molecule has 0 aliphatic carbocycles. The fourth-order valence-corrected chi connectivity index (χ4v) is 3.67. The Morgan fingerprint density at radius 1 is 1.11 bits per heavy atom. The summed E-state index contributed by atoms with van der Waals surface area (Å²) in [6.07, 6.45) is -7.64. The molecule has 188 valence electrons. The molecule has 2 unspecified atom stereocenters. The molecule has 0 radical (unpaired) electrons. The zero-order chi connectivity index (χ0) is 25.8. The summed E-state index contributed by atoms with van der Waals surface area (Å²) in [7, 11) is 0. The van der Waals surface area contributed by atoms with Crippen molar-refractivity contribution in [2.45, 2.75) is 37.8 Å². The molecule has 13 heteroatoms. The number of nitrogens with zero attached hydrogens (tertiary/aromatic N) is 3. The minimum Gasteiger partial charge on any atom is -0.396 e. The fourth-order valence-electron chi connectivity index (χ4n) is 3.35. The molecule has 0 saturated carbocycles. The summed E-state index contributed by atoms with van der Waals surface area (Å²) in [6.45, 7) is -1.98. The SMILES string of the molecule is O=C(Cn1nc(-c2ccc(Cl)cc2)n(CC(O)C(F)(F)F)c1=O)NC(CCO)c1cccc(Cl)c1. The van der Waals surface area contributed by atoms with E-state index in [9.17, 15) is 33.0 Å². The predicted molar refractivity (Wildman–Crippen MR) is 123 cm³/mol. The van der Waals surface area contributed by atoms with Crippen LogP contribution in [0.1, 0.15) is 18.0 Å². The van der Waals surface area contributed by atoms with Crippen molar-refractivity contribution in [1.29, 1.82) is 0 Å². The van der Waals surface area contributed by atoms with Crippen molar-refractivity contribution in [2.75, 3.05) is 6.61 Å². The van der Waals surface area contributed by atoms with Gasteiger partial charge in [0.15, 0.2) is 11.9 Å². The van der Waals surface area contributed by atoms with Gasteiger partial charge in [0, 0.05) is 22.2 Å². The van der Waals surface area contributed by atoms with E-state index < -0.39 is 43.0 Å². The lowest BCUT2D eigenvalue weighted by atomic mass is 10.0. The maximum atomic E-state index is 13.0. The average Bonchev–Trinajstić information content (AvgIpc) is 3.08. The summed E-state index contributed by atoms with van der Waals surface area (Å²) >= 11 is 11.9. The molecule has 0 spiro atoms. The van der Waals surface area contributed by atoms with Crippen LogP contribution >= 0.6 is 23.2 Å². The van der Waals surface area contributed by atoms with Gasteiger partial charge in [-0.25, -0.2) is 9.48 Å². The third kappa shape index (κ3) is 6.85. The highest BCUT2D eigenvalue weighted by Crippen LogP contribution is 2.24. The van der Waals surface area contributed by atoms with Gasteiger partial charge in [0.1, 0.15) is 6.54 Å². The lowest BCUT2D eigenvalue weighted by molar-refractivity contribution is -0.207. The van der Waals surface area contributed by atoms with E-state index in [-0.39, 0.29) is 24.4 Å². The van der Waals surface area contributed by atoms with Crippen molar-refractivity contribution in [1.82, 2.24) is 19.7 Å². The van der Waals surface area contributed by atoms with Crippen molar-refractivity contribution in [2.24, 2.45) is 0 Å². The van der Waals surface area contributed by atoms with Crippen LogP contribution < -0.4 is 11.0 Å². The molecule has 0 aliphatic rings. The second-order valence-electron chi connectivity index (χ2n) is 7.63. The minimum atomic E-state index is -4.97. The fraction of sp³-hybridized carbons (Fsp3) is 0.318. The largest absolute Gasteiger partial charge is 0.416 e. The highest BCUT2D eigenvalue weighted by atomic mass is 35.5. The third-order valence-corrected chi connectivity index (χ3v) is 5.54. The molecule has 1 amide bonds. The van der Waals surface area contributed by atoms with Gasteiger partial charge in [0.25, 0.3) is 0 Å². The maximum absolute atomic E-state index is 13.0. The van der Waals surface area contributed by atoms with Gasteiger partial charge in [0.05, 0.1) is 12.6 Å². The first-order chi connectivity index (χ1) is 16.5. The number of amides is 1. The molecule has 3 aromatic rings. The van der Waals surface area contributed by atoms with Gasteiger partial charge in [-0.2, -0.15) is 13.2 Å². The van der Waals surface area contributed by atoms with Crippen molar-refractivity contribution in [3.8, 4) is 11.4 Å². The smallest absolute Gasteiger partial charge is 0.396 e. The van der Waals surface area contributed by atoms with Gasteiger partial charge in [-0.05, 0) is 48.4 Å². The summed E-state index contributed by atoms with van der Waals surface area (Å²) in [5.74, 6) is -0.848. The molecule has 1 heterocycles. The number of alkyl halides is 3. The Hall–Kier alpha value is -2.86. The number of aliphatic hydroxyl groups is 2. The Morgan fingerprint density at radius 2 is 1.80 bits per heavy atom. The first kappa shape index (κ1) is 26.7. The molecule has 0 aliphatic heterocycles.